The van der Waals surface area contributed by atoms with Crippen LogP contribution in [0.25, 0.3) is 21.8 Å². The van der Waals surface area contributed by atoms with Gasteiger partial charge in [0.2, 0.25) is 0 Å². The number of ether oxygens (including phenoxy) is 3. The molecule has 9 heteroatoms. The number of hydrogen-bond donors (Lipinski definition) is 0. The number of carbonyl (C=O) groups excluding carboxylic acids is 2. The number of nitrogens with zero attached hydrogens (tertiary/aromatic N) is 4. The van der Waals surface area contributed by atoms with Gasteiger partial charge in [-0.25, -0.2) is 9.48 Å². The van der Waals surface area contributed by atoms with Crippen LogP contribution in [0.1, 0.15) is 65.5 Å². The van der Waals surface area contributed by atoms with Crippen LogP contribution in [0.3, 0.4) is 0 Å². The highest BCUT2D eigenvalue weighted by atomic mass is 16.7. The summed E-state index contributed by atoms with van der Waals surface area (Å²) in [6.45, 7) is 1.14. The van der Waals surface area contributed by atoms with Gasteiger partial charge in [0.1, 0.15) is 0 Å². The number of benzene rings is 2. The molecule has 2 aromatic heterocycles. The van der Waals surface area contributed by atoms with Gasteiger partial charge in [-0.05, 0) is 50.3 Å². The van der Waals surface area contributed by atoms with Crippen LogP contribution in [0.5, 0.6) is 0 Å². The van der Waals surface area contributed by atoms with E-state index in [1.54, 1.807) is 35.3 Å². The molecule has 9 nitrogen and oxygen atoms in total. The van der Waals surface area contributed by atoms with E-state index >= 15 is 0 Å². The van der Waals surface area contributed by atoms with Crippen molar-refractivity contribution in [3.63, 3.8) is 0 Å². The van der Waals surface area contributed by atoms with E-state index in [0.717, 1.165) is 43.9 Å². The Hall–Kier alpha value is -3.56. The van der Waals surface area contributed by atoms with E-state index in [4.69, 9.17) is 14.2 Å². The summed E-state index contributed by atoms with van der Waals surface area (Å²) in [5.41, 5.74) is 2.42. The van der Waals surface area contributed by atoms with Gasteiger partial charge in [0.25, 0.3) is 0 Å². The number of rotatable bonds is 5. The highest BCUT2D eigenvalue weighted by Gasteiger charge is 2.42. The van der Waals surface area contributed by atoms with Gasteiger partial charge in [0.05, 0.1) is 35.6 Å². The SMILES string of the molecule is O=Cc1cccc2c1cnn2C1(OC(=O)c2cccc3c2cnn3C2CCCCO2)CCCCO1. The van der Waals surface area contributed by atoms with Gasteiger partial charge in [-0.15, -0.1) is 0 Å². The predicted octanol–water partition coefficient (Wildman–Crippen LogP) is 4.57. The van der Waals surface area contributed by atoms with E-state index in [1.807, 2.05) is 22.9 Å². The fraction of sp³-hybridized carbons (Fsp3) is 0.385. The van der Waals surface area contributed by atoms with Gasteiger partial charge < -0.3 is 14.2 Å². The first-order valence-electron chi connectivity index (χ1n) is 12.1. The zero-order valence-corrected chi connectivity index (χ0v) is 19.3. The summed E-state index contributed by atoms with van der Waals surface area (Å²) >= 11 is 0. The number of hydrogen-bond acceptors (Lipinski definition) is 7. The molecule has 2 aliphatic rings. The monoisotopic (exact) mass is 474 g/mol. The van der Waals surface area contributed by atoms with Gasteiger partial charge >= 0.3 is 11.9 Å². The average molecular weight is 475 g/mol. The summed E-state index contributed by atoms with van der Waals surface area (Å²) in [7, 11) is 0. The molecule has 2 aliphatic heterocycles. The Morgan fingerprint density at radius 3 is 2.63 bits per heavy atom. The second-order valence-electron chi connectivity index (χ2n) is 9.01. The molecule has 4 heterocycles. The number of aromatic nitrogens is 4. The van der Waals surface area contributed by atoms with Gasteiger partial charge in [-0.3, -0.25) is 4.79 Å². The highest BCUT2D eigenvalue weighted by molar-refractivity contribution is 6.03. The molecule has 0 spiro atoms. The van der Waals surface area contributed by atoms with Crippen LogP contribution in [0, 0.1) is 0 Å². The van der Waals surface area contributed by atoms with E-state index in [1.165, 1.54) is 0 Å². The van der Waals surface area contributed by atoms with Crippen molar-refractivity contribution in [2.45, 2.75) is 50.7 Å². The van der Waals surface area contributed by atoms with E-state index in [0.29, 0.717) is 47.1 Å². The van der Waals surface area contributed by atoms with E-state index in [-0.39, 0.29) is 6.23 Å². The van der Waals surface area contributed by atoms with Crippen molar-refractivity contribution >= 4 is 34.1 Å². The molecule has 0 aliphatic carbocycles. The molecule has 2 fully saturated rings. The first kappa shape index (κ1) is 21.9. The van der Waals surface area contributed by atoms with Crippen molar-refractivity contribution < 1.29 is 23.8 Å². The Labute approximate surface area is 201 Å². The molecule has 2 atom stereocenters. The van der Waals surface area contributed by atoms with E-state index in [2.05, 4.69) is 10.2 Å². The van der Waals surface area contributed by atoms with Crippen LogP contribution in [-0.4, -0.2) is 45.0 Å². The maximum absolute atomic E-state index is 13.6. The molecule has 2 unspecified atom stereocenters. The Kier molecular flexibility index (Phi) is 5.58. The molecular weight excluding hydrogens is 448 g/mol. The molecular formula is C26H26N4O5. The lowest BCUT2D eigenvalue weighted by Crippen LogP contribution is -2.44. The van der Waals surface area contributed by atoms with Crippen LogP contribution in [0.2, 0.25) is 0 Å². The Balaban J connectivity index is 1.38. The maximum atomic E-state index is 13.6. The van der Waals surface area contributed by atoms with Gasteiger partial charge in [0.15, 0.2) is 12.5 Å². The first-order chi connectivity index (χ1) is 17.2. The standard InChI is InChI=1S/C26H26N4O5/c31-17-18-7-5-10-23-20(18)15-28-30(23)26(12-2-4-14-34-26)35-25(32)19-8-6-9-22-21(19)16-27-29(22)24-11-1-3-13-33-24/h5-10,15-17,24H,1-4,11-14H2. The molecule has 2 aromatic carbocycles. The fourth-order valence-corrected chi connectivity index (χ4v) is 5.09. The summed E-state index contributed by atoms with van der Waals surface area (Å²) in [6.07, 6.45) is 9.10. The van der Waals surface area contributed by atoms with Crippen molar-refractivity contribution in [1.29, 1.82) is 0 Å². The van der Waals surface area contributed by atoms with Gasteiger partial charge in [-0.2, -0.15) is 14.9 Å². The molecule has 0 saturated carbocycles. The first-order valence-corrected chi connectivity index (χ1v) is 12.1. The normalized spacial score (nSPS) is 22.9. The summed E-state index contributed by atoms with van der Waals surface area (Å²) < 4.78 is 21.6. The van der Waals surface area contributed by atoms with Crippen molar-refractivity contribution in [2.24, 2.45) is 0 Å². The quantitative estimate of drug-likeness (QED) is 0.309. The summed E-state index contributed by atoms with van der Waals surface area (Å²) in [5.74, 6) is -1.92. The average Bonchev–Trinajstić information content (AvgIpc) is 3.54. The van der Waals surface area contributed by atoms with Gasteiger partial charge in [-0.1, -0.05) is 18.2 Å². The van der Waals surface area contributed by atoms with Crippen LogP contribution >= 0.6 is 0 Å². The molecule has 6 rings (SSSR count). The van der Waals surface area contributed by atoms with Crippen molar-refractivity contribution in [3.8, 4) is 0 Å². The third-order valence-electron chi connectivity index (χ3n) is 6.85. The molecule has 0 radical (unpaired) electrons. The minimum Gasteiger partial charge on any atom is -0.408 e. The summed E-state index contributed by atoms with van der Waals surface area (Å²) in [5, 5.41) is 10.4. The lowest BCUT2D eigenvalue weighted by atomic mass is 10.1. The van der Waals surface area contributed by atoms with Crippen LogP contribution in [0.15, 0.2) is 48.8 Å². The van der Waals surface area contributed by atoms with Crippen LogP contribution < -0.4 is 0 Å². The van der Waals surface area contributed by atoms with E-state index < -0.39 is 11.9 Å². The number of esters is 1. The number of carbonyl (C=O) groups is 2. The van der Waals surface area contributed by atoms with E-state index in [9.17, 15) is 9.59 Å². The zero-order valence-electron chi connectivity index (χ0n) is 19.3. The Morgan fingerprint density at radius 2 is 1.83 bits per heavy atom. The van der Waals surface area contributed by atoms with Crippen LogP contribution in [0.4, 0.5) is 0 Å². The smallest absolute Gasteiger partial charge is 0.342 e. The second-order valence-corrected chi connectivity index (χ2v) is 9.01. The number of aldehydes is 1. The molecule has 0 amide bonds. The summed E-state index contributed by atoms with van der Waals surface area (Å²) in [4.78, 5) is 25.1. The minimum atomic E-state index is -1.40. The van der Waals surface area contributed by atoms with Crippen LogP contribution in [-0.2, 0) is 20.1 Å². The summed E-state index contributed by atoms with van der Waals surface area (Å²) in [6, 6.07) is 10.9. The lowest BCUT2D eigenvalue weighted by molar-refractivity contribution is -0.284. The van der Waals surface area contributed by atoms with Crippen molar-refractivity contribution in [3.05, 3.63) is 59.9 Å². The molecule has 2 saturated heterocycles. The second kappa shape index (κ2) is 8.90. The predicted molar refractivity (Wildman–Crippen MR) is 127 cm³/mol. The zero-order chi connectivity index (χ0) is 23.8. The lowest BCUT2D eigenvalue weighted by Gasteiger charge is -2.36. The molecule has 0 bridgehead atoms. The third-order valence-corrected chi connectivity index (χ3v) is 6.85. The molecule has 180 valence electrons. The maximum Gasteiger partial charge on any atom is 0.342 e. The molecule has 35 heavy (non-hydrogen) atoms. The Morgan fingerprint density at radius 1 is 1.00 bits per heavy atom. The van der Waals surface area contributed by atoms with Crippen molar-refractivity contribution in [1.82, 2.24) is 19.6 Å². The molecule has 4 aromatic rings. The fourth-order valence-electron chi connectivity index (χ4n) is 5.09. The highest BCUT2D eigenvalue weighted by Crippen LogP contribution is 2.36. The van der Waals surface area contributed by atoms with Crippen molar-refractivity contribution in [2.75, 3.05) is 13.2 Å². The third kappa shape index (κ3) is 3.71. The Bertz CT molecular complexity index is 1400. The van der Waals surface area contributed by atoms with Gasteiger partial charge in [0, 0.05) is 29.4 Å². The molecule has 0 N–H and O–H groups in total. The largest absolute Gasteiger partial charge is 0.408 e. The minimum absolute atomic E-state index is 0.136. The topological polar surface area (TPSA) is 97.5 Å². The number of fused-ring (bicyclic) bond motifs is 2.